The summed E-state index contributed by atoms with van der Waals surface area (Å²) < 4.78 is 33.4. The van der Waals surface area contributed by atoms with E-state index in [1.54, 1.807) is 12.2 Å². The number of hydrogen-bond donors (Lipinski definition) is 6. The zero-order valence-corrected chi connectivity index (χ0v) is 37.4. The lowest BCUT2D eigenvalue weighted by Gasteiger charge is -2.41. The van der Waals surface area contributed by atoms with Crippen molar-refractivity contribution in [2.24, 2.45) is 0 Å². The molecule has 0 saturated heterocycles. The van der Waals surface area contributed by atoms with Crippen LogP contribution in [0.5, 0.6) is 0 Å². The third kappa shape index (κ3) is 28.2. The third-order valence-electron chi connectivity index (χ3n) is 10.2. The van der Waals surface area contributed by atoms with Gasteiger partial charge in [0, 0.05) is 6.42 Å². The van der Waals surface area contributed by atoms with Crippen molar-refractivity contribution in [3.05, 3.63) is 60.8 Å². The Bertz CT molecular complexity index is 1280. The van der Waals surface area contributed by atoms with E-state index in [2.05, 4.69) is 50.3 Å². The molecule has 1 saturated carbocycles. The minimum atomic E-state index is -5.14. The molecule has 1 fully saturated rings. The van der Waals surface area contributed by atoms with Gasteiger partial charge in [0.15, 0.2) is 6.10 Å². The average molecular weight is 871 g/mol. The largest absolute Gasteiger partial charge is 0.472 e. The number of phosphoric ester groups is 1. The lowest BCUT2D eigenvalue weighted by Crippen LogP contribution is -2.64. The average Bonchev–Trinajstić information content (AvgIpc) is 3.23. The molecule has 0 heterocycles. The Labute approximate surface area is 360 Å². The van der Waals surface area contributed by atoms with Crippen molar-refractivity contribution in [1.29, 1.82) is 0 Å². The topological polar surface area (TPSA) is 210 Å². The van der Waals surface area contributed by atoms with Gasteiger partial charge < -0.3 is 39.9 Å². The van der Waals surface area contributed by atoms with Gasteiger partial charge in [-0.15, -0.1) is 0 Å². The van der Waals surface area contributed by atoms with Gasteiger partial charge in [-0.3, -0.25) is 18.6 Å². The maximum absolute atomic E-state index is 12.8. The molecule has 1 aliphatic carbocycles. The van der Waals surface area contributed by atoms with Gasteiger partial charge in [0.1, 0.15) is 43.2 Å². The predicted octanol–water partition coefficient (Wildman–Crippen LogP) is 8.55. The maximum Gasteiger partial charge on any atom is 0.472 e. The summed E-state index contributed by atoms with van der Waals surface area (Å²) in [6, 6.07) is 0. The van der Waals surface area contributed by atoms with E-state index in [1.807, 2.05) is 12.2 Å². The summed E-state index contributed by atoms with van der Waals surface area (Å²) in [5.41, 5.74) is 0. The fourth-order valence-corrected chi connectivity index (χ4v) is 7.51. The first-order chi connectivity index (χ1) is 28.9. The van der Waals surface area contributed by atoms with Crippen LogP contribution in [0.15, 0.2) is 60.8 Å². The second kappa shape index (κ2) is 36.1. The Balaban J connectivity index is 2.52. The summed E-state index contributed by atoms with van der Waals surface area (Å²) in [7, 11) is -5.14. The van der Waals surface area contributed by atoms with Crippen LogP contribution in [0.3, 0.4) is 0 Å². The van der Waals surface area contributed by atoms with E-state index in [9.17, 15) is 44.6 Å². The van der Waals surface area contributed by atoms with E-state index in [1.165, 1.54) is 77.0 Å². The minimum absolute atomic E-state index is 0.136. The minimum Gasteiger partial charge on any atom is -0.462 e. The number of hydrogen-bond acceptors (Lipinski definition) is 12. The lowest BCUT2D eigenvalue weighted by atomic mass is 9.85. The molecule has 6 atom stereocenters. The highest BCUT2D eigenvalue weighted by Crippen LogP contribution is 2.47. The molecule has 0 bridgehead atoms. The summed E-state index contributed by atoms with van der Waals surface area (Å²) in [5.74, 6) is -1.25. The zero-order valence-electron chi connectivity index (χ0n) is 36.5. The molecule has 0 aromatic heterocycles. The first kappa shape index (κ1) is 55.6. The molecule has 6 unspecified atom stereocenters. The van der Waals surface area contributed by atoms with Crippen LogP contribution in [0.2, 0.25) is 0 Å². The summed E-state index contributed by atoms with van der Waals surface area (Å²) in [5, 5.41) is 50.1. The van der Waals surface area contributed by atoms with E-state index in [-0.39, 0.29) is 12.8 Å². The molecule has 346 valence electrons. The van der Waals surface area contributed by atoms with Crippen molar-refractivity contribution in [2.75, 3.05) is 13.2 Å². The normalized spacial score (nSPS) is 22.7. The number of esters is 2. The van der Waals surface area contributed by atoms with Gasteiger partial charge in [-0.05, 0) is 38.5 Å². The molecule has 60 heavy (non-hydrogen) atoms. The summed E-state index contributed by atoms with van der Waals surface area (Å²) in [6.07, 6.45) is 30.2. The number of phosphoric acid groups is 1. The molecule has 13 nitrogen and oxygen atoms in total. The summed E-state index contributed by atoms with van der Waals surface area (Å²) in [4.78, 5) is 35.6. The fourth-order valence-electron chi connectivity index (χ4n) is 6.54. The third-order valence-corrected chi connectivity index (χ3v) is 11.1. The Hall–Kier alpha value is -2.45. The SMILES string of the molecule is CC/C=C\C/C=C\C/C=C\C/C=C\C/C=C\CC(=O)OC(COC(=O)CCCCCCCCCCCCCCCCCC)COP(=O)(O)OC1C(O)C(O)C(O)C(O)C1O. The molecule has 14 heteroatoms. The van der Waals surface area contributed by atoms with E-state index in [0.29, 0.717) is 12.8 Å². The second-order valence-corrected chi connectivity index (χ2v) is 17.0. The number of aliphatic hydroxyl groups excluding tert-OH is 5. The molecule has 1 rings (SSSR count). The zero-order chi connectivity index (χ0) is 44.3. The quantitative estimate of drug-likeness (QED) is 0.0151. The monoisotopic (exact) mass is 871 g/mol. The number of allylic oxidation sites excluding steroid dienone is 9. The van der Waals surface area contributed by atoms with Gasteiger partial charge in [-0.1, -0.05) is 171 Å². The first-order valence-electron chi connectivity index (χ1n) is 22.6. The highest BCUT2D eigenvalue weighted by molar-refractivity contribution is 7.47. The van der Waals surface area contributed by atoms with E-state index in [0.717, 1.165) is 44.9 Å². The van der Waals surface area contributed by atoms with Crippen molar-refractivity contribution in [3.8, 4) is 0 Å². The lowest BCUT2D eigenvalue weighted by molar-refractivity contribution is -0.220. The Morgan fingerprint density at radius 2 is 0.933 bits per heavy atom. The van der Waals surface area contributed by atoms with E-state index >= 15 is 0 Å². The van der Waals surface area contributed by atoms with Crippen molar-refractivity contribution >= 4 is 19.8 Å². The van der Waals surface area contributed by atoms with E-state index in [4.69, 9.17) is 18.5 Å². The Kier molecular flexibility index (Phi) is 33.4. The summed E-state index contributed by atoms with van der Waals surface area (Å²) >= 11 is 0. The highest BCUT2D eigenvalue weighted by Gasteiger charge is 2.51. The highest BCUT2D eigenvalue weighted by atomic mass is 31.2. The van der Waals surface area contributed by atoms with Crippen LogP contribution in [0.1, 0.15) is 162 Å². The van der Waals surface area contributed by atoms with Crippen LogP contribution in [-0.4, -0.2) is 98.3 Å². The van der Waals surface area contributed by atoms with Gasteiger partial charge in [0.25, 0.3) is 0 Å². The maximum atomic E-state index is 12.8. The predicted molar refractivity (Wildman–Crippen MR) is 235 cm³/mol. The molecule has 0 radical (unpaired) electrons. The molecular weight excluding hydrogens is 791 g/mol. The molecule has 6 N–H and O–H groups in total. The van der Waals surface area contributed by atoms with Crippen LogP contribution in [0, 0.1) is 0 Å². The van der Waals surface area contributed by atoms with Crippen LogP contribution in [0.4, 0.5) is 0 Å². The Morgan fingerprint density at radius 1 is 0.533 bits per heavy atom. The van der Waals surface area contributed by atoms with Crippen molar-refractivity contribution in [2.45, 2.75) is 204 Å². The van der Waals surface area contributed by atoms with Gasteiger partial charge in [0.2, 0.25) is 0 Å². The molecule has 0 amide bonds. The van der Waals surface area contributed by atoms with Crippen LogP contribution in [-0.2, 0) is 32.7 Å². The number of unbranched alkanes of at least 4 members (excludes halogenated alkanes) is 15. The van der Waals surface area contributed by atoms with Crippen molar-refractivity contribution in [3.63, 3.8) is 0 Å². The van der Waals surface area contributed by atoms with Gasteiger partial charge in [-0.25, -0.2) is 4.57 Å². The summed E-state index contributed by atoms with van der Waals surface area (Å²) in [6.45, 7) is 3.10. The molecule has 0 spiro atoms. The van der Waals surface area contributed by atoms with Gasteiger partial charge in [-0.2, -0.15) is 0 Å². The first-order valence-corrected chi connectivity index (χ1v) is 24.1. The molecule has 0 aromatic carbocycles. The fraction of sp³-hybridized carbons (Fsp3) is 0.739. The van der Waals surface area contributed by atoms with Gasteiger partial charge >= 0.3 is 19.8 Å². The van der Waals surface area contributed by atoms with Crippen LogP contribution >= 0.6 is 7.82 Å². The molecular formula is C46H79O13P. The molecule has 1 aliphatic rings. The standard InChI is InChI=1S/C46H79O13P/c1-3-5-7-9-11-13-15-17-19-21-22-24-26-28-30-32-34-39(47)56-36-38(37-57-60(54,55)59-46-44(52)42(50)41(49)43(51)45(46)53)58-40(48)35-33-31-29-27-25-23-20-18-16-14-12-10-8-6-4-2/h6,8,12,14,18,20,25,27,31,33,38,41-46,49-53H,3-5,7,9-11,13,15-17,19,21-24,26,28-30,32,34-37H2,1-2H3,(H,54,55)/b8-6-,14-12-,20-18-,27-25-,33-31-. The van der Waals surface area contributed by atoms with Gasteiger partial charge in [0.05, 0.1) is 13.0 Å². The van der Waals surface area contributed by atoms with Crippen LogP contribution < -0.4 is 0 Å². The van der Waals surface area contributed by atoms with Crippen molar-refractivity contribution < 1.29 is 63.1 Å². The van der Waals surface area contributed by atoms with E-state index < -0.39 is 75.7 Å². The molecule has 0 aromatic rings. The smallest absolute Gasteiger partial charge is 0.462 e. The van der Waals surface area contributed by atoms with Crippen molar-refractivity contribution in [1.82, 2.24) is 0 Å². The number of rotatable bonds is 36. The number of aliphatic hydroxyl groups is 5. The number of carbonyl (C=O) groups excluding carboxylic acids is 2. The number of carbonyl (C=O) groups is 2. The Morgan fingerprint density at radius 3 is 1.38 bits per heavy atom. The van der Waals surface area contributed by atoms with Crippen LogP contribution in [0.25, 0.3) is 0 Å². The number of ether oxygens (including phenoxy) is 2. The molecule has 0 aliphatic heterocycles. The second-order valence-electron chi connectivity index (χ2n) is 15.5.